The average Bonchev–Trinajstić information content (AvgIpc) is 2.53. The Balaban J connectivity index is 2.88. The molecule has 0 spiro atoms. The van der Waals surface area contributed by atoms with E-state index >= 15 is 0 Å². The van der Waals surface area contributed by atoms with E-state index in [4.69, 9.17) is 0 Å². The average molecular weight is 193 g/mol. The second-order valence-electron chi connectivity index (χ2n) is 3.02. The van der Waals surface area contributed by atoms with Gasteiger partial charge in [-0.15, -0.1) is 11.3 Å². The summed E-state index contributed by atoms with van der Waals surface area (Å²) in [5.74, 6) is 0.186. The second-order valence-corrected chi connectivity index (χ2v) is 3.93. The van der Waals surface area contributed by atoms with Crippen LogP contribution in [0.5, 0.6) is 5.88 Å². The Labute approximate surface area is 80.9 Å². The zero-order chi connectivity index (χ0) is 9.42. The summed E-state index contributed by atoms with van der Waals surface area (Å²) in [6, 6.07) is 2.05. The molecule has 2 rings (SSSR count). The minimum absolute atomic E-state index is 0.186. The zero-order valence-electron chi connectivity index (χ0n) is 7.66. The maximum Gasteiger partial charge on any atom is 0.214 e. The van der Waals surface area contributed by atoms with Gasteiger partial charge in [0.2, 0.25) is 5.88 Å². The lowest BCUT2D eigenvalue weighted by Crippen LogP contribution is -1.89. The molecule has 0 saturated heterocycles. The highest BCUT2D eigenvalue weighted by molar-refractivity contribution is 7.17. The largest absolute Gasteiger partial charge is 0.493 e. The zero-order valence-corrected chi connectivity index (χ0v) is 8.48. The molecule has 68 valence electrons. The quantitative estimate of drug-likeness (QED) is 0.755. The first-order valence-electron chi connectivity index (χ1n) is 4.29. The first-order chi connectivity index (χ1) is 6.24. The van der Waals surface area contributed by atoms with Crippen LogP contribution in [0.15, 0.2) is 11.4 Å². The van der Waals surface area contributed by atoms with Gasteiger partial charge >= 0.3 is 0 Å². The number of fused-ring (bicyclic) bond motifs is 1. The van der Waals surface area contributed by atoms with Crippen molar-refractivity contribution in [3.8, 4) is 5.88 Å². The van der Waals surface area contributed by atoms with Crippen molar-refractivity contribution < 1.29 is 5.11 Å². The molecule has 0 radical (unpaired) electrons. The fourth-order valence-corrected chi connectivity index (χ4v) is 2.45. The van der Waals surface area contributed by atoms with Crippen LogP contribution in [0.1, 0.15) is 18.2 Å². The first kappa shape index (κ1) is 8.51. The molecule has 2 nitrogen and oxygen atoms in total. The van der Waals surface area contributed by atoms with Crippen molar-refractivity contribution in [3.63, 3.8) is 0 Å². The summed E-state index contributed by atoms with van der Waals surface area (Å²) in [6.07, 6.45) is 0.826. The number of aromatic nitrogens is 1. The summed E-state index contributed by atoms with van der Waals surface area (Å²) < 4.78 is 1.19. The Hall–Kier alpha value is -1.09. The number of aromatic hydroxyl groups is 1. The van der Waals surface area contributed by atoms with Gasteiger partial charge < -0.3 is 5.11 Å². The molecule has 0 atom stereocenters. The number of rotatable bonds is 1. The van der Waals surface area contributed by atoms with Crippen LogP contribution in [0.3, 0.4) is 0 Å². The lowest BCUT2D eigenvalue weighted by Gasteiger charge is -2.04. The SMILES string of the molecule is CCc1c(O)nc(C)c2sccc12. The van der Waals surface area contributed by atoms with Crippen molar-refractivity contribution in [2.75, 3.05) is 0 Å². The summed E-state index contributed by atoms with van der Waals surface area (Å²) >= 11 is 1.68. The van der Waals surface area contributed by atoms with Crippen LogP contribution in [-0.4, -0.2) is 10.1 Å². The van der Waals surface area contributed by atoms with E-state index < -0.39 is 0 Å². The van der Waals surface area contributed by atoms with Crippen LogP contribution in [0.4, 0.5) is 0 Å². The molecule has 2 aromatic rings. The molecule has 3 heteroatoms. The lowest BCUT2D eigenvalue weighted by atomic mass is 10.1. The van der Waals surface area contributed by atoms with E-state index in [1.165, 1.54) is 4.70 Å². The molecule has 0 saturated carbocycles. The van der Waals surface area contributed by atoms with E-state index in [1.54, 1.807) is 11.3 Å². The van der Waals surface area contributed by atoms with Crippen molar-refractivity contribution >= 4 is 21.4 Å². The summed E-state index contributed by atoms with van der Waals surface area (Å²) in [4.78, 5) is 4.11. The molecule has 2 aromatic heterocycles. The fraction of sp³-hybridized carbons (Fsp3) is 0.300. The van der Waals surface area contributed by atoms with Gasteiger partial charge in [0, 0.05) is 10.9 Å². The van der Waals surface area contributed by atoms with Crippen LogP contribution < -0.4 is 0 Å². The molecule has 0 amide bonds. The molecule has 0 unspecified atom stereocenters. The van der Waals surface area contributed by atoms with E-state index in [9.17, 15) is 5.11 Å². The van der Waals surface area contributed by atoms with E-state index in [2.05, 4.69) is 4.98 Å². The van der Waals surface area contributed by atoms with E-state index in [0.717, 1.165) is 23.1 Å². The van der Waals surface area contributed by atoms with E-state index in [1.807, 2.05) is 25.3 Å². The Bertz CT molecular complexity index is 447. The molecule has 1 N–H and O–H groups in total. The van der Waals surface area contributed by atoms with E-state index in [-0.39, 0.29) is 5.88 Å². The summed E-state index contributed by atoms with van der Waals surface area (Å²) in [7, 11) is 0. The lowest BCUT2D eigenvalue weighted by molar-refractivity contribution is 0.447. The monoisotopic (exact) mass is 193 g/mol. The van der Waals surface area contributed by atoms with Crippen molar-refractivity contribution in [1.82, 2.24) is 4.98 Å². The first-order valence-corrected chi connectivity index (χ1v) is 5.17. The van der Waals surface area contributed by atoms with Crippen LogP contribution >= 0.6 is 11.3 Å². The summed E-state index contributed by atoms with van der Waals surface area (Å²) in [5.41, 5.74) is 1.88. The molecule has 13 heavy (non-hydrogen) atoms. The third kappa shape index (κ3) is 1.20. The molecule has 0 aliphatic rings. The molecule has 0 aromatic carbocycles. The summed E-state index contributed by atoms with van der Waals surface area (Å²) in [5, 5.41) is 12.8. The highest BCUT2D eigenvalue weighted by Crippen LogP contribution is 2.31. The minimum Gasteiger partial charge on any atom is -0.493 e. The van der Waals surface area contributed by atoms with Gasteiger partial charge in [0.15, 0.2) is 0 Å². The highest BCUT2D eigenvalue weighted by atomic mass is 32.1. The van der Waals surface area contributed by atoms with Gasteiger partial charge in [0.1, 0.15) is 0 Å². The van der Waals surface area contributed by atoms with Gasteiger partial charge in [-0.25, -0.2) is 4.98 Å². The number of hydrogen-bond donors (Lipinski definition) is 1. The summed E-state index contributed by atoms with van der Waals surface area (Å²) in [6.45, 7) is 3.96. The van der Waals surface area contributed by atoms with Crippen LogP contribution in [0.2, 0.25) is 0 Å². The normalized spacial score (nSPS) is 10.9. The number of pyridine rings is 1. The highest BCUT2D eigenvalue weighted by Gasteiger charge is 2.09. The standard InChI is InChI=1S/C10H11NOS/c1-3-7-8-4-5-13-9(8)6(2)11-10(7)12/h4-5H,3H2,1-2H3,(H,11,12). The topological polar surface area (TPSA) is 33.1 Å². The van der Waals surface area contributed by atoms with Gasteiger partial charge in [0.05, 0.1) is 10.4 Å². The van der Waals surface area contributed by atoms with Crippen molar-refractivity contribution in [2.45, 2.75) is 20.3 Å². The van der Waals surface area contributed by atoms with Gasteiger partial charge in [-0.3, -0.25) is 0 Å². The van der Waals surface area contributed by atoms with Gasteiger partial charge in [-0.1, -0.05) is 6.92 Å². The van der Waals surface area contributed by atoms with Gasteiger partial charge in [-0.05, 0) is 24.8 Å². The van der Waals surface area contributed by atoms with Crippen LogP contribution in [0.25, 0.3) is 10.1 Å². The molecule has 0 bridgehead atoms. The second kappa shape index (κ2) is 3.00. The minimum atomic E-state index is 0.186. The number of aryl methyl sites for hydroxylation is 2. The number of hydrogen-bond acceptors (Lipinski definition) is 3. The molecular formula is C10H11NOS. The molecule has 0 aliphatic heterocycles. The predicted octanol–water partition coefficient (Wildman–Crippen LogP) is 2.87. The Morgan fingerprint density at radius 1 is 1.54 bits per heavy atom. The Kier molecular flexibility index (Phi) is 1.96. The van der Waals surface area contributed by atoms with Crippen LogP contribution in [-0.2, 0) is 6.42 Å². The van der Waals surface area contributed by atoms with Crippen molar-refractivity contribution in [3.05, 3.63) is 22.7 Å². The van der Waals surface area contributed by atoms with Crippen molar-refractivity contribution in [1.29, 1.82) is 0 Å². The van der Waals surface area contributed by atoms with Crippen LogP contribution in [0, 0.1) is 6.92 Å². The van der Waals surface area contributed by atoms with Gasteiger partial charge in [0.25, 0.3) is 0 Å². The smallest absolute Gasteiger partial charge is 0.214 e. The molecule has 0 aliphatic carbocycles. The number of nitrogens with zero attached hydrogens (tertiary/aromatic N) is 1. The fourth-order valence-electron chi connectivity index (χ4n) is 1.57. The third-order valence-corrected chi connectivity index (χ3v) is 3.24. The Morgan fingerprint density at radius 2 is 2.31 bits per heavy atom. The van der Waals surface area contributed by atoms with E-state index in [0.29, 0.717) is 0 Å². The maximum atomic E-state index is 9.60. The van der Waals surface area contributed by atoms with Gasteiger partial charge in [-0.2, -0.15) is 0 Å². The molecule has 0 fully saturated rings. The number of thiophene rings is 1. The molecular weight excluding hydrogens is 182 g/mol. The Morgan fingerprint density at radius 3 is 3.00 bits per heavy atom. The maximum absolute atomic E-state index is 9.60. The predicted molar refractivity (Wildman–Crippen MR) is 55.4 cm³/mol. The molecule has 2 heterocycles. The third-order valence-electron chi connectivity index (χ3n) is 2.22. The van der Waals surface area contributed by atoms with Crippen molar-refractivity contribution in [2.24, 2.45) is 0 Å².